The molecule has 0 amide bonds. The second-order valence-electron chi connectivity index (χ2n) is 3.61. The van der Waals surface area contributed by atoms with Crippen LogP contribution in [0.3, 0.4) is 0 Å². The summed E-state index contributed by atoms with van der Waals surface area (Å²) < 4.78 is 2.05. The molecule has 1 N–H and O–H groups in total. The van der Waals surface area contributed by atoms with E-state index in [0.29, 0.717) is 5.92 Å². The molecule has 0 fully saturated rings. The molecule has 0 aromatic carbocycles. The number of nitrogens with one attached hydrogen (secondary N) is 1. The van der Waals surface area contributed by atoms with Crippen LogP contribution in [0.1, 0.15) is 24.2 Å². The maximum atomic E-state index is 4.09. The number of nitrogens with zero attached hydrogens (tertiary/aromatic N) is 3. The smallest absolute Gasteiger partial charge is 0.0945 e. The van der Waals surface area contributed by atoms with Crippen molar-refractivity contribution in [1.29, 1.82) is 0 Å². The Hall–Kier alpha value is -1.58. The first-order chi connectivity index (χ1) is 6.77. The van der Waals surface area contributed by atoms with Crippen LogP contribution in [0.25, 0.3) is 0 Å². The summed E-state index contributed by atoms with van der Waals surface area (Å²) in [4.78, 5) is 11.2. The summed E-state index contributed by atoms with van der Waals surface area (Å²) in [6.07, 6.45) is 8.32. The van der Waals surface area contributed by atoms with Crippen LogP contribution in [0, 0.1) is 0 Å². The number of aryl methyl sites for hydroxylation is 1. The van der Waals surface area contributed by atoms with Gasteiger partial charge in [0.1, 0.15) is 0 Å². The summed E-state index contributed by atoms with van der Waals surface area (Å²) in [7, 11) is 2.02. The summed E-state index contributed by atoms with van der Waals surface area (Å²) in [5.41, 5.74) is 2.42. The summed E-state index contributed by atoms with van der Waals surface area (Å²) in [5, 5.41) is 0. The molecule has 0 spiro atoms. The Morgan fingerprint density at radius 1 is 1.43 bits per heavy atom. The molecule has 0 saturated carbocycles. The van der Waals surface area contributed by atoms with Crippen molar-refractivity contribution in [2.24, 2.45) is 7.05 Å². The van der Waals surface area contributed by atoms with E-state index in [1.165, 1.54) is 11.4 Å². The van der Waals surface area contributed by atoms with Crippen molar-refractivity contribution in [2.45, 2.75) is 19.3 Å². The van der Waals surface area contributed by atoms with Crippen LogP contribution >= 0.6 is 0 Å². The van der Waals surface area contributed by atoms with Gasteiger partial charge in [0.2, 0.25) is 0 Å². The third kappa shape index (κ3) is 1.69. The Bertz CT molecular complexity index is 388. The summed E-state index contributed by atoms with van der Waals surface area (Å²) in [6.45, 7) is 2.18. The van der Waals surface area contributed by atoms with E-state index < -0.39 is 0 Å². The van der Waals surface area contributed by atoms with E-state index in [-0.39, 0.29) is 0 Å². The number of aromatic nitrogens is 4. The third-order valence-corrected chi connectivity index (χ3v) is 2.48. The van der Waals surface area contributed by atoms with Crippen LogP contribution in [0.15, 0.2) is 25.0 Å². The van der Waals surface area contributed by atoms with Gasteiger partial charge in [-0.2, -0.15) is 0 Å². The average molecular weight is 190 g/mol. The highest BCUT2D eigenvalue weighted by Crippen LogP contribution is 2.16. The minimum Gasteiger partial charge on any atom is -0.348 e. The molecule has 0 aliphatic rings. The van der Waals surface area contributed by atoms with Crippen LogP contribution in [-0.2, 0) is 13.5 Å². The largest absolute Gasteiger partial charge is 0.348 e. The van der Waals surface area contributed by atoms with Crippen LogP contribution in [0.2, 0.25) is 0 Å². The van der Waals surface area contributed by atoms with Crippen molar-refractivity contribution in [1.82, 2.24) is 19.5 Å². The van der Waals surface area contributed by atoms with E-state index in [4.69, 9.17) is 0 Å². The zero-order chi connectivity index (χ0) is 9.97. The average Bonchev–Trinajstić information content (AvgIpc) is 2.77. The van der Waals surface area contributed by atoms with Gasteiger partial charge in [-0.05, 0) is 6.42 Å². The lowest BCUT2D eigenvalue weighted by Crippen LogP contribution is -2.02. The second-order valence-corrected chi connectivity index (χ2v) is 3.61. The van der Waals surface area contributed by atoms with Gasteiger partial charge in [-0.1, -0.05) is 6.92 Å². The van der Waals surface area contributed by atoms with E-state index in [1.54, 1.807) is 6.33 Å². The first-order valence-corrected chi connectivity index (χ1v) is 4.71. The van der Waals surface area contributed by atoms with Gasteiger partial charge in [-0.15, -0.1) is 0 Å². The first kappa shape index (κ1) is 8.99. The Balaban J connectivity index is 2.09. The van der Waals surface area contributed by atoms with Gasteiger partial charge in [0.25, 0.3) is 0 Å². The molecule has 2 aromatic heterocycles. The van der Waals surface area contributed by atoms with Gasteiger partial charge >= 0.3 is 0 Å². The molecule has 14 heavy (non-hydrogen) atoms. The molecule has 2 rings (SSSR count). The van der Waals surface area contributed by atoms with Gasteiger partial charge in [0.05, 0.1) is 12.7 Å². The SMILES string of the molecule is CC(Cc1cncn1C)c1cnc[nH]1. The molecule has 1 atom stereocenters. The van der Waals surface area contributed by atoms with Crippen molar-refractivity contribution in [3.63, 3.8) is 0 Å². The third-order valence-electron chi connectivity index (χ3n) is 2.48. The van der Waals surface area contributed by atoms with Crippen LogP contribution in [0.5, 0.6) is 0 Å². The van der Waals surface area contributed by atoms with Crippen molar-refractivity contribution in [2.75, 3.05) is 0 Å². The van der Waals surface area contributed by atoms with Crippen molar-refractivity contribution < 1.29 is 0 Å². The fourth-order valence-corrected chi connectivity index (χ4v) is 1.54. The van der Waals surface area contributed by atoms with Crippen molar-refractivity contribution in [3.8, 4) is 0 Å². The number of hydrogen-bond acceptors (Lipinski definition) is 2. The maximum Gasteiger partial charge on any atom is 0.0945 e. The predicted octanol–water partition coefficient (Wildman–Crippen LogP) is 1.49. The van der Waals surface area contributed by atoms with Gasteiger partial charge in [-0.3, -0.25) is 0 Å². The zero-order valence-corrected chi connectivity index (χ0v) is 8.44. The summed E-state index contributed by atoms with van der Waals surface area (Å²) >= 11 is 0. The number of H-pyrrole nitrogens is 1. The van der Waals surface area contributed by atoms with Gasteiger partial charge in [0, 0.05) is 36.7 Å². The molecular formula is C10H14N4. The van der Waals surface area contributed by atoms with Gasteiger partial charge < -0.3 is 9.55 Å². The molecule has 1 unspecified atom stereocenters. The van der Waals surface area contributed by atoms with Crippen LogP contribution in [-0.4, -0.2) is 19.5 Å². The van der Waals surface area contributed by atoms with Crippen molar-refractivity contribution >= 4 is 0 Å². The molecule has 2 heterocycles. The maximum absolute atomic E-state index is 4.09. The Morgan fingerprint density at radius 2 is 2.29 bits per heavy atom. The molecule has 0 aliphatic carbocycles. The van der Waals surface area contributed by atoms with Crippen LogP contribution < -0.4 is 0 Å². The summed E-state index contributed by atoms with van der Waals surface area (Å²) in [6, 6.07) is 0. The molecule has 0 radical (unpaired) electrons. The molecule has 4 heteroatoms. The molecule has 4 nitrogen and oxygen atoms in total. The lowest BCUT2D eigenvalue weighted by Gasteiger charge is -2.08. The molecule has 74 valence electrons. The molecular weight excluding hydrogens is 176 g/mol. The molecule has 0 aliphatic heterocycles. The molecule has 0 saturated heterocycles. The first-order valence-electron chi connectivity index (χ1n) is 4.71. The monoisotopic (exact) mass is 190 g/mol. The van der Waals surface area contributed by atoms with E-state index in [0.717, 1.165) is 6.42 Å². The fourth-order valence-electron chi connectivity index (χ4n) is 1.54. The quantitative estimate of drug-likeness (QED) is 0.797. The van der Waals surface area contributed by atoms with Crippen LogP contribution in [0.4, 0.5) is 0 Å². The minimum atomic E-state index is 0.452. The van der Waals surface area contributed by atoms with E-state index >= 15 is 0 Å². The Labute approximate surface area is 83.0 Å². The fraction of sp³-hybridized carbons (Fsp3) is 0.400. The van der Waals surface area contributed by atoms with E-state index in [2.05, 4.69) is 21.9 Å². The number of rotatable bonds is 3. The highest BCUT2D eigenvalue weighted by molar-refractivity contribution is 5.08. The predicted molar refractivity (Wildman–Crippen MR) is 53.9 cm³/mol. The number of imidazole rings is 2. The normalized spacial score (nSPS) is 13.0. The second kappa shape index (κ2) is 3.65. The molecule has 2 aromatic rings. The topological polar surface area (TPSA) is 46.5 Å². The highest BCUT2D eigenvalue weighted by atomic mass is 15.0. The molecule has 0 bridgehead atoms. The van der Waals surface area contributed by atoms with Gasteiger partial charge in [-0.25, -0.2) is 9.97 Å². The number of aromatic amines is 1. The Morgan fingerprint density at radius 3 is 2.86 bits per heavy atom. The van der Waals surface area contributed by atoms with E-state index in [9.17, 15) is 0 Å². The standard InChI is InChI=1S/C10H14N4/c1-8(10-5-11-6-13-10)3-9-4-12-7-14(9)2/h4-8H,3H2,1-2H3,(H,11,13). The zero-order valence-electron chi connectivity index (χ0n) is 8.44. The van der Waals surface area contributed by atoms with Gasteiger partial charge in [0.15, 0.2) is 0 Å². The lowest BCUT2D eigenvalue weighted by atomic mass is 10.0. The van der Waals surface area contributed by atoms with E-state index in [1.807, 2.05) is 30.3 Å². The number of hydrogen-bond donors (Lipinski definition) is 1. The lowest BCUT2D eigenvalue weighted by molar-refractivity contribution is 0.689. The highest BCUT2D eigenvalue weighted by Gasteiger charge is 2.09. The van der Waals surface area contributed by atoms with Crippen molar-refractivity contribution in [3.05, 3.63) is 36.4 Å². The minimum absolute atomic E-state index is 0.452. The summed E-state index contributed by atoms with van der Waals surface area (Å²) in [5.74, 6) is 0.452. The Kier molecular flexibility index (Phi) is 2.35.